The maximum Gasteiger partial charge on any atom is 0.126 e. The third-order valence-corrected chi connectivity index (χ3v) is 1.60. The first kappa shape index (κ1) is 4.82. The lowest BCUT2D eigenvalue weighted by Crippen LogP contribution is -2.26. The van der Waals surface area contributed by atoms with Crippen molar-refractivity contribution in [3.05, 3.63) is 6.92 Å². The summed E-state index contributed by atoms with van der Waals surface area (Å²) >= 11 is 0. The second-order valence-corrected chi connectivity index (χ2v) is 2.33. The minimum atomic E-state index is -0.167. The molecule has 1 saturated carbocycles. The summed E-state index contributed by atoms with van der Waals surface area (Å²) in [7, 11) is 0. The first-order valence-corrected chi connectivity index (χ1v) is 2.59. The molecule has 0 spiro atoms. The van der Waals surface area contributed by atoms with E-state index in [9.17, 15) is 4.79 Å². The fourth-order valence-corrected chi connectivity index (χ4v) is 0.749. The van der Waals surface area contributed by atoms with E-state index < -0.39 is 0 Å². The molecular formula is C6H9O. The quantitative estimate of drug-likeness (QED) is 0.449. The van der Waals surface area contributed by atoms with E-state index in [2.05, 4.69) is 6.92 Å². The fourth-order valence-electron chi connectivity index (χ4n) is 0.749. The van der Waals surface area contributed by atoms with Crippen LogP contribution in [-0.2, 0) is 4.79 Å². The Morgan fingerprint density at radius 3 is 2.14 bits per heavy atom. The zero-order valence-corrected chi connectivity index (χ0v) is 4.31. The number of hydrogen-bond donors (Lipinski definition) is 0. The zero-order valence-electron chi connectivity index (χ0n) is 4.31. The molecule has 1 radical (unpaired) electrons. The van der Waals surface area contributed by atoms with Crippen molar-refractivity contribution in [1.29, 1.82) is 0 Å². The van der Waals surface area contributed by atoms with Crippen LogP contribution in [0.4, 0.5) is 0 Å². The van der Waals surface area contributed by atoms with Gasteiger partial charge in [0.1, 0.15) is 6.29 Å². The van der Waals surface area contributed by atoms with E-state index in [1.165, 1.54) is 6.42 Å². The van der Waals surface area contributed by atoms with Crippen LogP contribution in [0.2, 0.25) is 0 Å². The Bertz CT molecular complexity index is 82.2. The van der Waals surface area contributed by atoms with Crippen molar-refractivity contribution in [1.82, 2.24) is 0 Å². The van der Waals surface area contributed by atoms with Crippen LogP contribution in [0.1, 0.15) is 19.3 Å². The molecule has 0 N–H and O–H groups in total. The largest absolute Gasteiger partial charge is 0.303 e. The summed E-state index contributed by atoms with van der Waals surface area (Å²) in [5.74, 6) is 0. The van der Waals surface area contributed by atoms with Crippen LogP contribution in [-0.4, -0.2) is 6.29 Å². The van der Waals surface area contributed by atoms with E-state index in [-0.39, 0.29) is 5.41 Å². The summed E-state index contributed by atoms with van der Waals surface area (Å²) in [6, 6.07) is 0. The van der Waals surface area contributed by atoms with E-state index in [0.29, 0.717) is 0 Å². The van der Waals surface area contributed by atoms with E-state index in [1.807, 2.05) is 0 Å². The number of rotatable bonds is 1. The number of hydrogen-bond acceptors (Lipinski definition) is 1. The molecule has 0 bridgehead atoms. The van der Waals surface area contributed by atoms with E-state index in [4.69, 9.17) is 0 Å². The molecule has 0 aromatic heterocycles. The number of aldehydes is 1. The molecule has 0 aliphatic heterocycles. The van der Waals surface area contributed by atoms with Gasteiger partial charge in [-0.1, -0.05) is 6.42 Å². The maximum atomic E-state index is 10.0. The lowest BCUT2D eigenvalue weighted by molar-refractivity contribution is -0.117. The molecule has 1 rings (SSSR count). The predicted molar refractivity (Wildman–Crippen MR) is 27.7 cm³/mol. The van der Waals surface area contributed by atoms with Gasteiger partial charge in [-0.15, -0.1) is 0 Å². The standard InChI is InChI=1S/C6H9O/c1-6(5-7)3-2-4-6/h5H,1-4H2. The van der Waals surface area contributed by atoms with Crippen LogP contribution in [0, 0.1) is 12.3 Å². The minimum absolute atomic E-state index is 0.167. The average molecular weight is 97.1 g/mol. The van der Waals surface area contributed by atoms with Gasteiger partial charge in [0, 0.05) is 5.41 Å². The lowest BCUT2D eigenvalue weighted by atomic mass is 9.72. The molecule has 0 aromatic carbocycles. The van der Waals surface area contributed by atoms with Gasteiger partial charge in [0.25, 0.3) is 0 Å². The van der Waals surface area contributed by atoms with Gasteiger partial charge >= 0.3 is 0 Å². The SMILES string of the molecule is [CH2]C1(C=O)CCC1. The number of carbonyl (C=O) groups excluding carboxylic acids is 1. The highest BCUT2D eigenvalue weighted by atomic mass is 16.1. The van der Waals surface area contributed by atoms with Crippen LogP contribution in [0.5, 0.6) is 0 Å². The van der Waals surface area contributed by atoms with Crippen molar-refractivity contribution >= 4 is 6.29 Å². The number of carbonyl (C=O) groups is 1. The lowest BCUT2D eigenvalue weighted by Gasteiger charge is -2.31. The Kier molecular flexibility index (Phi) is 0.911. The van der Waals surface area contributed by atoms with Crippen LogP contribution in [0.3, 0.4) is 0 Å². The van der Waals surface area contributed by atoms with Crippen molar-refractivity contribution in [3.8, 4) is 0 Å². The third-order valence-electron chi connectivity index (χ3n) is 1.60. The summed E-state index contributed by atoms with van der Waals surface area (Å²) in [5, 5.41) is 0. The van der Waals surface area contributed by atoms with Crippen LogP contribution in [0.15, 0.2) is 0 Å². The normalized spacial score (nSPS) is 25.9. The van der Waals surface area contributed by atoms with Gasteiger partial charge in [0.05, 0.1) is 0 Å². The molecule has 1 aliphatic rings. The Morgan fingerprint density at radius 1 is 1.57 bits per heavy atom. The molecule has 0 atom stereocenters. The highest BCUT2D eigenvalue weighted by molar-refractivity contribution is 5.61. The molecule has 1 heteroatoms. The minimum Gasteiger partial charge on any atom is -0.303 e. The average Bonchev–Trinajstić information content (AvgIpc) is 1.61. The molecule has 0 aromatic rings. The highest BCUT2D eigenvalue weighted by Gasteiger charge is 2.30. The summed E-state index contributed by atoms with van der Waals surface area (Å²) < 4.78 is 0. The van der Waals surface area contributed by atoms with Gasteiger partial charge in [0.15, 0.2) is 0 Å². The Hall–Kier alpha value is -0.330. The smallest absolute Gasteiger partial charge is 0.126 e. The molecule has 7 heavy (non-hydrogen) atoms. The van der Waals surface area contributed by atoms with Crippen LogP contribution < -0.4 is 0 Å². The zero-order chi connectivity index (χ0) is 5.33. The van der Waals surface area contributed by atoms with Gasteiger partial charge in [-0.2, -0.15) is 0 Å². The van der Waals surface area contributed by atoms with Crippen LogP contribution >= 0.6 is 0 Å². The Balaban J connectivity index is 2.43. The van der Waals surface area contributed by atoms with Gasteiger partial charge < -0.3 is 4.79 Å². The second-order valence-electron chi connectivity index (χ2n) is 2.33. The topological polar surface area (TPSA) is 17.1 Å². The molecular weight excluding hydrogens is 88.1 g/mol. The van der Waals surface area contributed by atoms with Gasteiger partial charge in [-0.25, -0.2) is 0 Å². The summed E-state index contributed by atoms with van der Waals surface area (Å²) in [6.45, 7) is 3.73. The van der Waals surface area contributed by atoms with Crippen molar-refractivity contribution < 1.29 is 4.79 Å². The molecule has 1 fully saturated rings. The summed E-state index contributed by atoms with van der Waals surface area (Å²) in [5.41, 5.74) is -0.167. The first-order chi connectivity index (χ1) is 3.27. The van der Waals surface area contributed by atoms with E-state index in [0.717, 1.165) is 19.1 Å². The third kappa shape index (κ3) is 0.671. The fraction of sp³-hybridized carbons (Fsp3) is 0.667. The van der Waals surface area contributed by atoms with E-state index >= 15 is 0 Å². The molecule has 0 amide bonds. The molecule has 0 saturated heterocycles. The van der Waals surface area contributed by atoms with Crippen LogP contribution in [0.25, 0.3) is 0 Å². The predicted octanol–water partition coefficient (Wildman–Crippen LogP) is 1.19. The summed E-state index contributed by atoms with van der Waals surface area (Å²) in [4.78, 5) is 10.0. The van der Waals surface area contributed by atoms with Crippen molar-refractivity contribution in [2.45, 2.75) is 19.3 Å². The molecule has 1 aliphatic carbocycles. The maximum absolute atomic E-state index is 10.0. The summed E-state index contributed by atoms with van der Waals surface area (Å²) in [6.07, 6.45) is 4.14. The monoisotopic (exact) mass is 97.1 g/mol. The van der Waals surface area contributed by atoms with Crippen molar-refractivity contribution in [2.24, 2.45) is 5.41 Å². The van der Waals surface area contributed by atoms with Gasteiger partial charge in [0.2, 0.25) is 0 Å². The second kappa shape index (κ2) is 1.32. The molecule has 39 valence electrons. The van der Waals surface area contributed by atoms with Gasteiger partial charge in [-0.3, -0.25) is 0 Å². The highest BCUT2D eigenvalue weighted by Crippen LogP contribution is 2.37. The van der Waals surface area contributed by atoms with Crippen molar-refractivity contribution in [3.63, 3.8) is 0 Å². The van der Waals surface area contributed by atoms with Gasteiger partial charge in [-0.05, 0) is 19.8 Å². The van der Waals surface area contributed by atoms with E-state index in [1.54, 1.807) is 0 Å². The molecule has 1 nitrogen and oxygen atoms in total. The molecule has 0 unspecified atom stereocenters. The Morgan fingerprint density at radius 2 is 2.14 bits per heavy atom. The Labute approximate surface area is 43.7 Å². The molecule has 0 heterocycles. The first-order valence-electron chi connectivity index (χ1n) is 2.59. The van der Waals surface area contributed by atoms with Crippen molar-refractivity contribution in [2.75, 3.05) is 0 Å².